The van der Waals surface area contributed by atoms with E-state index in [4.69, 9.17) is 0 Å². The minimum atomic E-state index is -0.919. The molecule has 1 aromatic carbocycles. The van der Waals surface area contributed by atoms with Gasteiger partial charge < -0.3 is 0 Å². The average molecular weight is 210 g/mol. The number of hydrogen-bond acceptors (Lipinski definition) is 1. The lowest BCUT2D eigenvalue weighted by Gasteiger charge is -2.04. The molecule has 0 atom stereocenters. The molecule has 3 heteroatoms. The van der Waals surface area contributed by atoms with Gasteiger partial charge in [-0.1, -0.05) is 26.0 Å². The maximum atomic E-state index is 13.2. The lowest BCUT2D eigenvalue weighted by Crippen LogP contribution is -1.96. The van der Waals surface area contributed by atoms with Crippen molar-refractivity contribution in [1.29, 1.82) is 0 Å². The number of benzene rings is 1. The molecule has 0 amide bonds. The highest BCUT2D eigenvalue weighted by molar-refractivity contribution is 5.82. The Balaban J connectivity index is 3.17. The number of allylic oxidation sites excluding steroid dienone is 1. The first-order valence-electron chi connectivity index (χ1n) is 4.67. The molecule has 0 radical (unpaired) electrons. The second kappa shape index (κ2) is 4.82. The number of rotatable bonds is 3. The van der Waals surface area contributed by atoms with Crippen LogP contribution in [0.3, 0.4) is 0 Å². The third-order valence-corrected chi connectivity index (χ3v) is 2.11. The smallest absolute Gasteiger partial charge is 0.166 e. The third kappa shape index (κ3) is 2.72. The molecule has 0 heterocycles. The number of aldehydes is 1. The Morgan fingerprint density at radius 3 is 2.53 bits per heavy atom. The van der Waals surface area contributed by atoms with Crippen molar-refractivity contribution in [2.75, 3.05) is 0 Å². The predicted molar refractivity (Wildman–Crippen MR) is 55.2 cm³/mol. The van der Waals surface area contributed by atoms with Crippen LogP contribution in [-0.2, 0) is 4.79 Å². The van der Waals surface area contributed by atoms with Crippen LogP contribution < -0.4 is 0 Å². The van der Waals surface area contributed by atoms with Crippen molar-refractivity contribution in [1.82, 2.24) is 0 Å². The summed E-state index contributed by atoms with van der Waals surface area (Å²) in [5.74, 6) is -1.83. The van der Waals surface area contributed by atoms with Gasteiger partial charge in [0.15, 0.2) is 11.6 Å². The Kier molecular flexibility index (Phi) is 3.72. The molecule has 0 saturated heterocycles. The fourth-order valence-corrected chi connectivity index (χ4v) is 1.15. The molecule has 15 heavy (non-hydrogen) atoms. The molecule has 0 aliphatic carbocycles. The molecular formula is C12H12F2O. The van der Waals surface area contributed by atoms with Gasteiger partial charge in [0.2, 0.25) is 0 Å². The van der Waals surface area contributed by atoms with E-state index in [2.05, 4.69) is 0 Å². The summed E-state index contributed by atoms with van der Waals surface area (Å²) in [6.45, 7) is 3.63. The van der Waals surface area contributed by atoms with E-state index in [0.717, 1.165) is 6.07 Å². The van der Waals surface area contributed by atoms with E-state index in [-0.39, 0.29) is 11.5 Å². The van der Waals surface area contributed by atoms with Gasteiger partial charge in [0, 0.05) is 5.56 Å². The average Bonchev–Trinajstić information content (AvgIpc) is 2.19. The van der Waals surface area contributed by atoms with E-state index in [1.54, 1.807) is 0 Å². The first-order valence-corrected chi connectivity index (χ1v) is 4.67. The largest absolute Gasteiger partial charge is 0.298 e. The molecule has 0 spiro atoms. The van der Waals surface area contributed by atoms with Crippen LogP contribution in [0.25, 0.3) is 6.08 Å². The monoisotopic (exact) mass is 210 g/mol. The standard InChI is InChI=1S/C12H12F2O/c1-8(2)10(7-15)6-9-4-3-5-11(13)12(9)14/h3-8H,1-2H3. The van der Waals surface area contributed by atoms with Gasteiger partial charge in [0.05, 0.1) is 0 Å². The molecule has 1 aromatic rings. The van der Waals surface area contributed by atoms with Crippen molar-refractivity contribution < 1.29 is 13.6 Å². The summed E-state index contributed by atoms with van der Waals surface area (Å²) in [4.78, 5) is 10.7. The summed E-state index contributed by atoms with van der Waals surface area (Å²) in [5, 5.41) is 0. The van der Waals surface area contributed by atoms with Crippen molar-refractivity contribution in [3.63, 3.8) is 0 Å². The number of carbonyl (C=O) groups excluding carboxylic acids is 1. The first kappa shape index (κ1) is 11.6. The van der Waals surface area contributed by atoms with E-state index in [1.165, 1.54) is 18.2 Å². The van der Waals surface area contributed by atoms with Crippen molar-refractivity contribution >= 4 is 12.4 Å². The van der Waals surface area contributed by atoms with Crippen LogP contribution in [0.1, 0.15) is 19.4 Å². The van der Waals surface area contributed by atoms with Gasteiger partial charge in [0.1, 0.15) is 6.29 Å². The van der Waals surface area contributed by atoms with E-state index < -0.39 is 11.6 Å². The second-order valence-electron chi connectivity index (χ2n) is 3.56. The molecule has 0 unspecified atom stereocenters. The van der Waals surface area contributed by atoms with Crippen LogP contribution in [0.5, 0.6) is 0 Å². The fourth-order valence-electron chi connectivity index (χ4n) is 1.15. The van der Waals surface area contributed by atoms with E-state index >= 15 is 0 Å². The third-order valence-electron chi connectivity index (χ3n) is 2.11. The second-order valence-corrected chi connectivity index (χ2v) is 3.56. The molecule has 0 aliphatic heterocycles. The van der Waals surface area contributed by atoms with E-state index in [0.29, 0.717) is 11.9 Å². The first-order chi connectivity index (χ1) is 7.06. The normalized spacial score (nSPS) is 11.9. The Morgan fingerprint density at radius 1 is 1.33 bits per heavy atom. The van der Waals surface area contributed by atoms with Crippen LogP contribution in [0.4, 0.5) is 8.78 Å². The topological polar surface area (TPSA) is 17.1 Å². The maximum absolute atomic E-state index is 13.2. The summed E-state index contributed by atoms with van der Waals surface area (Å²) in [5.41, 5.74) is 0.547. The summed E-state index contributed by atoms with van der Waals surface area (Å²) in [6.07, 6.45) is 2.03. The van der Waals surface area contributed by atoms with E-state index in [9.17, 15) is 13.6 Å². The summed E-state index contributed by atoms with van der Waals surface area (Å²) in [7, 11) is 0. The molecule has 0 N–H and O–H groups in total. The molecular weight excluding hydrogens is 198 g/mol. The van der Waals surface area contributed by atoms with Gasteiger partial charge in [-0.2, -0.15) is 0 Å². The van der Waals surface area contributed by atoms with E-state index in [1.807, 2.05) is 13.8 Å². The molecule has 0 fully saturated rings. The fraction of sp³-hybridized carbons (Fsp3) is 0.250. The van der Waals surface area contributed by atoms with Gasteiger partial charge in [0.25, 0.3) is 0 Å². The molecule has 80 valence electrons. The van der Waals surface area contributed by atoms with Crippen LogP contribution in [0.2, 0.25) is 0 Å². The van der Waals surface area contributed by atoms with Crippen molar-refractivity contribution in [2.45, 2.75) is 13.8 Å². The van der Waals surface area contributed by atoms with Crippen LogP contribution >= 0.6 is 0 Å². The number of halogens is 2. The van der Waals surface area contributed by atoms with Crippen molar-refractivity contribution in [3.05, 3.63) is 41.0 Å². The summed E-state index contributed by atoms with van der Waals surface area (Å²) >= 11 is 0. The minimum absolute atomic E-state index is 0.00910. The predicted octanol–water partition coefficient (Wildman–Crippen LogP) is 3.20. The zero-order valence-electron chi connectivity index (χ0n) is 8.63. The summed E-state index contributed by atoms with van der Waals surface area (Å²) < 4.78 is 26.1. The Hall–Kier alpha value is -1.51. The van der Waals surface area contributed by atoms with Crippen molar-refractivity contribution in [2.24, 2.45) is 5.92 Å². The van der Waals surface area contributed by atoms with Crippen molar-refractivity contribution in [3.8, 4) is 0 Å². The van der Waals surface area contributed by atoms with Crippen LogP contribution in [0, 0.1) is 17.6 Å². The lowest BCUT2D eigenvalue weighted by atomic mass is 10.0. The van der Waals surface area contributed by atoms with Gasteiger partial charge in [-0.15, -0.1) is 0 Å². The highest BCUT2D eigenvalue weighted by Gasteiger charge is 2.08. The minimum Gasteiger partial charge on any atom is -0.298 e. The molecule has 1 rings (SSSR count). The zero-order valence-corrected chi connectivity index (χ0v) is 8.63. The molecule has 0 aromatic heterocycles. The molecule has 0 saturated carbocycles. The lowest BCUT2D eigenvalue weighted by molar-refractivity contribution is -0.105. The van der Waals surface area contributed by atoms with Gasteiger partial charge >= 0.3 is 0 Å². The Morgan fingerprint density at radius 2 is 2.00 bits per heavy atom. The SMILES string of the molecule is CC(C)C(C=O)=Cc1cccc(F)c1F. The molecule has 0 aliphatic rings. The highest BCUT2D eigenvalue weighted by atomic mass is 19.2. The Bertz CT molecular complexity index is 395. The van der Waals surface area contributed by atoms with Gasteiger partial charge in [-0.05, 0) is 23.6 Å². The number of hydrogen-bond donors (Lipinski definition) is 0. The quantitative estimate of drug-likeness (QED) is 0.553. The van der Waals surface area contributed by atoms with Gasteiger partial charge in [-0.3, -0.25) is 4.79 Å². The maximum Gasteiger partial charge on any atom is 0.166 e. The molecule has 1 nitrogen and oxygen atoms in total. The zero-order chi connectivity index (χ0) is 11.4. The van der Waals surface area contributed by atoms with Crippen LogP contribution in [0.15, 0.2) is 23.8 Å². The summed E-state index contributed by atoms with van der Waals surface area (Å²) in [6, 6.07) is 3.89. The van der Waals surface area contributed by atoms with Gasteiger partial charge in [-0.25, -0.2) is 8.78 Å². The molecule has 0 bridgehead atoms. The Labute approximate surface area is 87.4 Å². The van der Waals surface area contributed by atoms with Crippen LogP contribution in [-0.4, -0.2) is 6.29 Å². The highest BCUT2D eigenvalue weighted by Crippen LogP contribution is 2.17. The number of carbonyl (C=O) groups is 1.